The Morgan fingerprint density at radius 1 is 1.23 bits per heavy atom. The quantitative estimate of drug-likeness (QED) is 0.775. The smallest absolute Gasteiger partial charge is 0.248 e. The van der Waals surface area contributed by atoms with Crippen molar-refractivity contribution in [1.82, 2.24) is 19.7 Å². The van der Waals surface area contributed by atoms with Gasteiger partial charge in [0, 0.05) is 32.5 Å². The lowest BCUT2D eigenvalue weighted by Crippen LogP contribution is -2.49. The zero-order valence-corrected chi connectivity index (χ0v) is 18.5. The van der Waals surface area contributed by atoms with Crippen LogP contribution in [0.15, 0.2) is 12.4 Å². The SMILES string of the molecule is Cc1nc(CCc2cnn(C3CCC(F)(F)CC3)c2)nc2c1NC(=O)[C@H](C(C)C)N2C. The maximum Gasteiger partial charge on any atom is 0.248 e. The van der Waals surface area contributed by atoms with Gasteiger partial charge < -0.3 is 10.2 Å². The summed E-state index contributed by atoms with van der Waals surface area (Å²) in [6, 6.07) is -0.225. The summed E-state index contributed by atoms with van der Waals surface area (Å²) < 4.78 is 28.6. The summed E-state index contributed by atoms with van der Waals surface area (Å²) in [4.78, 5) is 23.7. The molecule has 7 nitrogen and oxygen atoms in total. The largest absolute Gasteiger partial charge is 0.346 e. The van der Waals surface area contributed by atoms with Gasteiger partial charge in [0.1, 0.15) is 17.6 Å². The summed E-state index contributed by atoms with van der Waals surface area (Å²) in [5, 5.41) is 7.38. The van der Waals surface area contributed by atoms with Gasteiger partial charge in [0.05, 0.1) is 17.9 Å². The van der Waals surface area contributed by atoms with E-state index in [1.54, 1.807) is 6.20 Å². The van der Waals surface area contributed by atoms with Crippen LogP contribution in [-0.2, 0) is 17.6 Å². The highest BCUT2D eigenvalue weighted by atomic mass is 19.3. The molecule has 4 rings (SSSR count). The van der Waals surface area contributed by atoms with Gasteiger partial charge in [0.2, 0.25) is 11.8 Å². The molecular weight excluding hydrogens is 402 g/mol. The van der Waals surface area contributed by atoms with E-state index in [9.17, 15) is 13.6 Å². The topological polar surface area (TPSA) is 75.9 Å². The van der Waals surface area contributed by atoms with Crippen LogP contribution >= 0.6 is 0 Å². The molecule has 2 aromatic rings. The third kappa shape index (κ3) is 4.41. The van der Waals surface area contributed by atoms with Crippen LogP contribution in [-0.4, -0.2) is 44.7 Å². The number of hydrogen-bond acceptors (Lipinski definition) is 5. The molecule has 0 spiro atoms. The number of hydrogen-bond donors (Lipinski definition) is 1. The molecule has 0 unspecified atom stereocenters. The molecule has 31 heavy (non-hydrogen) atoms. The van der Waals surface area contributed by atoms with Crippen LogP contribution in [0.25, 0.3) is 0 Å². The molecule has 1 amide bonds. The lowest BCUT2D eigenvalue weighted by atomic mass is 9.92. The molecule has 168 valence electrons. The van der Waals surface area contributed by atoms with E-state index < -0.39 is 5.92 Å². The molecule has 0 bridgehead atoms. The maximum atomic E-state index is 13.4. The Labute approximate surface area is 181 Å². The number of carbonyl (C=O) groups excluding carboxylic acids is 1. The summed E-state index contributed by atoms with van der Waals surface area (Å²) in [5.74, 6) is -0.943. The molecule has 3 heterocycles. The van der Waals surface area contributed by atoms with E-state index in [1.807, 2.05) is 43.6 Å². The Hall–Kier alpha value is -2.58. The van der Waals surface area contributed by atoms with Gasteiger partial charge in [-0.2, -0.15) is 5.10 Å². The third-order valence-corrected chi connectivity index (χ3v) is 6.37. The molecule has 0 saturated heterocycles. The van der Waals surface area contributed by atoms with Crippen molar-refractivity contribution in [1.29, 1.82) is 0 Å². The maximum absolute atomic E-state index is 13.4. The van der Waals surface area contributed by atoms with Crippen molar-refractivity contribution in [3.8, 4) is 0 Å². The fraction of sp³-hybridized carbons (Fsp3) is 0.636. The van der Waals surface area contributed by atoms with Gasteiger partial charge in [-0.25, -0.2) is 18.7 Å². The van der Waals surface area contributed by atoms with E-state index in [0.29, 0.717) is 37.2 Å². The van der Waals surface area contributed by atoms with Crippen LogP contribution in [0.4, 0.5) is 20.3 Å². The van der Waals surface area contributed by atoms with E-state index >= 15 is 0 Å². The van der Waals surface area contributed by atoms with Gasteiger partial charge in [0.15, 0.2) is 5.82 Å². The minimum Gasteiger partial charge on any atom is -0.346 e. The van der Waals surface area contributed by atoms with Crippen molar-refractivity contribution < 1.29 is 13.6 Å². The first kappa shape index (κ1) is 21.6. The van der Waals surface area contributed by atoms with Crippen molar-refractivity contribution in [3.63, 3.8) is 0 Å². The second kappa shape index (κ2) is 8.16. The standard InChI is InChI=1S/C22H30F2N6O/c1-13(2)19-21(31)28-18-14(3)26-17(27-20(18)29(19)4)6-5-15-11-25-30(12-15)16-7-9-22(23,24)10-8-16/h11-13,16,19H,5-10H2,1-4H3,(H,28,31)/t19-/m0/s1. The fourth-order valence-electron chi connectivity index (χ4n) is 4.63. The van der Waals surface area contributed by atoms with Crippen LogP contribution < -0.4 is 10.2 Å². The fourth-order valence-corrected chi connectivity index (χ4v) is 4.63. The van der Waals surface area contributed by atoms with Crippen molar-refractivity contribution in [3.05, 3.63) is 29.5 Å². The van der Waals surface area contributed by atoms with Crippen molar-refractivity contribution in [2.24, 2.45) is 5.92 Å². The van der Waals surface area contributed by atoms with Gasteiger partial charge in [0.25, 0.3) is 0 Å². The number of alkyl halides is 2. The van der Waals surface area contributed by atoms with Gasteiger partial charge in [-0.3, -0.25) is 9.48 Å². The molecule has 0 aromatic carbocycles. The Morgan fingerprint density at radius 3 is 2.61 bits per heavy atom. The monoisotopic (exact) mass is 432 g/mol. The third-order valence-electron chi connectivity index (χ3n) is 6.37. The van der Waals surface area contributed by atoms with Crippen molar-refractivity contribution in [2.75, 3.05) is 17.3 Å². The highest BCUT2D eigenvalue weighted by molar-refractivity contribution is 6.03. The molecule has 1 aliphatic carbocycles. The number of nitrogens with one attached hydrogen (secondary N) is 1. The van der Waals surface area contributed by atoms with Gasteiger partial charge >= 0.3 is 0 Å². The van der Waals surface area contributed by atoms with Gasteiger partial charge in [-0.05, 0) is 37.7 Å². The number of aryl methyl sites for hydroxylation is 3. The van der Waals surface area contributed by atoms with E-state index in [0.717, 1.165) is 17.1 Å². The lowest BCUT2D eigenvalue weighted by molar-refractivity contribution is -0.118. The Kier molecular flexibility index (Phi) is 5.70. The first-order chi connectivity index (χ1) is 14.6. The lowest BCUT2D eigenvalue weighted by Gasteiger charge is -2.36. The van der Waals surface area contributed by atoms with E-state index in [4.69, 9.17) is 4.98 Å². The molecule has 1 atom stereocenters. The average Bonchev–Trinajstić information content (AvgIpc) is 3.16. The molecule has 2 aliphatic rings. The number of aromatic nitrogens is 4. The van der Waals surface area contributed by atoms with Crippen molar-refractivity contribution >= 4 is 17.4 Å². The van der Waals surface area contributed by atoms with E-state index in [-0.39, 0.29) is 36.8 Å². The highest BCUT2D eigenvalue weighted by Gasteiger charge is 2.36. The minimum atomic E-state index is -2.53. The number of halogens is 2. The molecule has 1 saturated carbocycles. The van der Waals surface area contributed by atoms with E-state index in [1.165, 1.54) is 0 Å². The second-order valence-electron chi connectivity index (χ2n) is 9.13. The normalized spacial score (nSPS) is 21.3. The van der Waals surface area contributed by atoms with Gasteiger partial charge in [-0.1, -0.05) is 13.8 Å². The first-order valence-electron chi connectivity index (χ1n) is 11.0. The molecule has 1 fully saturated rings. The summed E-state index contributed by atoms with van der Waals surface area (Å²) in [7, 11) is 1.90. The molecule has 0 radical (unpaired) electrons. The van der Waals surface area contributed by atoms with E-state index in [2.05, 4.69) is 15.4 Å². The molecular formula is C22H30F2N6O. The summed E-state index contributed by atoms with van der Waals surface area (Å²) in [5.41, 5.74) is 2.47. The summed E-state index contributed by atoms with van der Waals surface area (Å²) in [6.45, 7) is 5.92. The number of anilines is 2. The summed E-state index contributed by atoms with van der Waals surface area (Å²) in [6.07, 6.45) is 5.88. The number of carbonyl (C=O) groups is 1. The Bertz CT molecular complexity index is 963. The number of likely N-dealkylation sites (N-methyl/N-ethyl adjacent to an activating group) is 1. The van der Waals surface area contributed by atoms with Crippen LogP contribution in [0.3, 0.4) is 0 Å². The average molecular weight is 433 g/mol. The number of rotatable bonds is 5. The second-order valence-corrected chi connectivity index (χ2v) is 9.13. The summed E-state index contributed by atoms with van der Waals surface area (Å²) >= 11 is 0. The van der Waals surface area contributed by atoms with Crippen LogP contribution in [0, 0.1) is 12.8 Å². The van der Waals surface area contributed by atoms with Crippen LogP contribution in [0.5, 0.6) is 0 Å². The highest BCUT2D eigenvalue weighted by Crippen LogP contribution is 2.38. The predicted octanol–water partition coefficient (Wildman–Crippen LogP) is 3.93. The first-order valence-corrected chi connectivity index (χ1v) is 11.0. The molecule has 1 N–H and O–H groups in total. The van der Waals surface area contributed by atoms with Crippen LogP contribution in [0.1, 0.15) is 62.7 Å². The Balaban J connectivity index is 1.45. The number of amides is 1. The van der Waals surface area contributed by atoms with Gasteiger partial charge in [-0.15, -0.1) is 0 Å². The zero-order chi connectivity index (χ0) is 22.3. The molecule has 2 aromatic heterocycles. The predicted molar refractivity (Wildman–Crippen MR) is 115 cm³/mol. The number of fused-ring (bicyclic) bond motifs is 1. The minimum absolute atomic E-state index is 0.0302. The zero-order valence-electron chi connectivity index (χ0n) is 18.5. The number of nitrogens with zero attached hydrogens (tertiary/aromatic N) is 5. The van der Waals surface area contributed by atoms with Crippen molar-refractivity contribution in [2.45, 2.75) is 77.3 Å². The molecule has 1 aliphatic heterocycles. The Morgan fingerprint density at radius 2 is 1.94 bits per heavy atom. The van der Waals surface area contributed by atoms with Crippen LogP contribution in [0.2, 0.25) is 0 Å². The molecule has 9 heteroatoms.